The molecule has 0 spiro atoms. The van der Waals surface area contributed by atoms with E-state index in [1.807, 2.05) is 18.2 Å². The third kappa shape index (κ3) is 3.10. The van der Waals surface area contributed by atoms with E-state index in [9.17, 15) is 0 Å². The van der Waals surface area contributed by atoms with Crippen LogP contribution in [-0.2, 0) is 0 Å². The lowest BCUT2D eigenvalue weighted by Crippen LogP contribution is -2.37. The zero-order valence-corrected chi connectivity index (χ0v) is 10.6. The van der Waals surface area contributed by atoms with Crippen LogP contribution in [0.15, 0.2) is 22.7 Å². The van der Waals surface area contributed by atoms with Crippen LogP contribution >= 0.6 is 27.5 Å². The predicted octanol–water partition coefficient (Wildman–Crippen LogP) is 3.23. The normalized spacial score (nSPS) is 21.3. The number of rotatable bonds is 2. The first-order valence-electron chi connectivity index (χ1n) is 5.08. The molecule has 1 aliphatic rings. The van der Waals surface area contributed by atoms with Gasteiger partial charge in [0.15, 0.2) is 0 Å². The Morgan fingerprint density at radius 1 is 1.47 bits per heavy atom. The fourth-order valence-corrected chi connectivity index (χ4v) is 2.45. The first-order chi connectivity index (χ1) is 7.25. The third-order valence-corrected chi connectivity index (χ3v) is 3.29. The highest BCUT2D eigenvalue weighted by atomic mass is 79.9. The summed E-state index contributed by atoms with van der Waals surface area (Å²) >= 11 is 9.31. The van der Waals surface area contributed by atoms with E-state index >= 15 is 0 Å². The maximum Gasteiger partial charge on any atom is 0.134 e. The van der Waals surface area contributed by atoms with Crippen molar-refractivity contribution in [1.29, 1.82) is 0 Å². The molecule has 0 bridgehead atoms. The minimum absolute atomic E-state index is 0.274. The van der Waals surface area contributed by atoms with Gasteiger partial charge in [0.2, 0.25) is 0 Å². The van der Waals surface area contributed by atoms with Crippen LogP contribution in [0.25, 0.3) is 0 Å². The van der Waals surface area contributed by atoms with Gasteiger partial charge in [0.1, 0.15) is 11.9 Å². The molecule has 1 atom stereocenters. The van der Waals surface area contributed by atoms with Crippen LogP contribution in [0.1, 0.15) is 12.8 Å². The second-order valence-electron chi connectivity index (χ2n) is 3.66. The second kappa shape index (κ2) is 5.19. The van der Waals surface area contributed by atoms with E-state index in [1.54, 1.807) is 0 Å². The summed E-state index contributed by atoms with van der Waals surface area (Å²) in [5.74, 6) is 0.869. The molecular formula is C11H13BrClNO. The van der Waals surface area contributed by atoms with E-state index < -0.39 is 0 Å². The third-order valence-electron chi connectivity index (χ3n) is 2.44. The van der Waals surface area contributed by atoms with Crippen LogP contribution < -0.4 is 10.1 Å². The summed E-state index contributed by atoms with van der Waals surface area (Å²) in [5, 5.41) is 4.04. The van der Waals surface area contributed by atoms with E-state index in [4.69, 9.17) is 16.3 Å². The molecule has 1 saturated heterocycles. The molecule has 1 unspecified atom stereocenters. The Balaban J connectivity index is 2.03. The molecule has 2 rings (SSSR count). The minimum Gasteiger partial charge on any atom is -0.488 e. The second-order valence-corrected chi connectivity index (χ2v) is 4.95. The lowest BCUT2D eigenvalue weighted by atomic mass is 10.1. The highest BCUT2D eigenvalue weighted by Gasteiger charge is 2.15. The van der Waals surface area contributed by atoms with Gasteiger partial charge < -0.3 is 10.1 Å². The standard InChI is InChI=1S/C11H13BrClNO/c12-10-6-8(13)3-4-11(10)15-9-2-1-5-14-7-9/h3-4,6,9,14H,1-2,5,7H2. The molecule has 1 heterocycles. The van der Waals surface area contributed by atoms with Crippen molar-refractivity contribution in [3.05, 3.63) is 27.7 Å². The topological polar surface area (TPSA) is 21.3 Å². The quantitative estimate of drug-likeness (QED) is 0.903. The fourth-order valence-electron chi connectivity index (χ4n) is 1.67. The largest absolute Gasteiger partial charge is 0.488 e. The zero-order valence-electron chi connectivity index (χ0n) is 8.30. The highest BCUT2D eigenvalue weighted by molar-refractivity contribution is 9.10. The highest BCUT2D eigenvalue weighted by Crippen LogP contribution is 2.29. The van der Waals surface area contributed by atoms with Crippen LogP contribution in [0.3, 0.4) is 0 Å². The Labute approximate surface area is 103 Å². The van der Waals surface area contributed by atoms with Crippen molar-refractivity contribution >= 4 is 27.5 Å². The molecule has 0 aromatic heterocycles. The zero-order chi connectivity index (χ0) is 10.7. The molecule has 2 nitrogen and oxygen atoms in total. The van der Waals surface area contributed by atoms with Gasteiger partial charge in [-0.3, -0.25) is 0 Å². The van der Waals surface area contributed by atoms with Gasteiger partial charge in [0.25, 0.3) is 0 Å². The first-order valence-corrected chi connectivity index (χ1v) is 6.25. The summed E-state index contributed by atoms with van der Waals surface area (Å²) in [6.45, 7) is 2.02. The predicted molar refractivity (Wildman–Crippen MR) is 65.7 cm³/mol. The molecule has 1 fully saturated rings. The summed E-state index contributed by atoms with van der Waals surface area (Å²) in [4.78, 5) is 0. The molecule has 4 heteroatoms. The van der Waals surface area contributed by atoms with Gasteiger partial charge in [-0.05, 0) is 53.5 Å². The Morgan fingerprint density at radius 3 is 3.00 bits per heavy atom. The van der Waals surface area contributed by atoms with E-state index in [0.717, 1.165) is 34.8 Å². The van der Waals surface area contributed by atoms with E-state index in [-0.39, 0.29) is 6.10 Å². The van der Waals surface area contributed by atoms with E-state index in [1.165, 1.54) is 6.42 Å². The number of nitrogens with one attached hydrogen (secondary N) is 1. The summed E-state index contributed by atoms with van der Waals surface area (Å²) < 4.78 is 6.79. The SMILES string of the molecule is Clc1ccc(OC2CCCNC2)c(Br)c1. The number of piperidine rings is 1. The minimum atomic E-state index is 0.274. The van der Waals surface area contributed by atoms with Crippen LogP contribution in [0, 0.1) is 0 Å². The molecule has 82 valence electrons. The van der Waals surface area contributed by atoms with Crippen LogP contribution in [0.5, 0.6) is 5.75 Å². The maximum atomic E-state index is 5.87. The Morgan fingerprint density at radius 2 is 2.33 bits per heavy atom. The number of halogens is 2. The Bertz CT molecular complexity index is 339. The van der Waals surface area contributed by atoms with Gasteiger partial charge in [0.05, 0.1) is 4.47 Å². The number of ether oxygens (including phenoxy) is 1. The van der Waals surface area contributed by atoms with Gasteiger partial charge in [-0.15, -0.1) is 0 Å². The monoisotopic (exact) mass is 289 g/mol. The molecule has 0 saturated carbocycles. The van der Waals surface area contributed by atoms with Crippen LogP contribution in [-0.4, -0.2) is 19.2 Å². The van der Waals surface area contributed by atoms with Crippen molar-refractivity contribution in [2.75, 3.05) is 13.1 Å². The average molecular weight is 291 g/mol. The van der Waals surface area contributed by atoms with Crippen LogP contribution in [0.4, 0.5) is 0 Å². The molecular weight excluding hydrogens is 277 g/mol. The summed E-state index contributed by atoms with van der Waals surface area (Å²) in [6.07, 6.45) is 2.56. The molecule has 0 aliphatic carbocycles. The van der Waals surface area contributed by atoms with Crippen molar-refractivity contribution in [2.45, 2.75) is 18.9 Å². The molecule has 1 N–H and O–H groups in total. The fraction of sp³-hybridized carbons (Fsp3) is 0.455. The van der Waals surface area contributed by atoms with Crippen molar-refractivity contribution in [3.8, 4) is 5.75 Å². The van der Waals surface area contributed by atoms with Gasteiger partial charge in [-0.1, -0.05) is 11.6 Å². The number of benzene rings is 1. The van der Waals surface area contributed by atoms with Crippen molar-refractivity contribution in [2.24, 2.45) is 0 Å². The Kier molecular flexibility index (Phi) is 3.89. The smallest absolute Gasteiger partial charge is 0.134 e. The molecule has 1 aromatic carbocycles. The van der Waals surface area contributed by atoms with Gasteiger partial charge >= 0.3 is 0 Å². The number of hydrogen-bond donors (Lipinski definition) is 1. The van der Waals surface area contributed by atoms with Crippen LogP contribution in [0.2, 0.25) is 5.02 Å². The number of hydrogen-bond acceptors (Lipinski definition) is 2. The Hall–Kier alpha value is -0.250. The molecule has 0 amide bonds. The molecule has 1 aromatic rings. The van der Waals surface area contributed by atoms with E-state index in [2.05, 4.69) is 21.2 Å². The lowest BCUT2D eigenvalue weighted by Gasteiger charge is -2.24. The summed E-state index contributed by atoms with van der Waals surface area (Å²) in [6, 6.07) is 5.60. The first kappa shape index (κ1) is 11.2. The molecule has 1 aliphatic heterocycles. The van der Waals surface area contributed by atoms with Crippen molar-refractivity contribution < 1.29 is 4.74 Å². The summed E-state index contributed by atoms with van der Waals surface area (Å²) in [7, 11) is 0. The lowest BCUT2D eigenvalue weighted by molar-refractivity contribution is 0.166. The van der Waals surface area contributed by atoms with Gasteiger partial charge in [0, 0.05) is 11.6 Å². The van der Waals surface area contributed by atoms with Gasteiger partial charge in [-0.2, -0.15) is 0 Å². The van der Waals surface area contributed by atoms with Crippen molar-refractivity contribution in [1.82, 2.24) is 5.32 Å². The van der Waals surface area contributed by atoms with Gasteiger partial charge in [-0.25, -0.2) is 0 Å². The maximum absolute atomic E-state index is 5.87. The molecule has 15 heavy (non-hydrogen) atoms. The summed E-state index contributed by atoms with van der Waals surface area (Å²) in [5.41, 5.74) is 0. The molecule has 0 radical (unpaired) electrons. The van der Waals surface area contributed by atoms with Crippen molar-refractivity contribution in [3.63, 3.8) is 0 Å². The average Bonchev–Trinajstić information content (AvgIpc) is 2.24. The van der Waals surface area contributed by atoms with E-state index in [0.29, 0.717) is 0 Å².